The van der Waals surface area contributed by atoms with E-state index in [0.717, 1.165) is 25.0 Å². The third kappa shape index (κ3) is 3.30. The molecule has 1 amide bonds. The molecule has 1 aliphatic carbocycles. The summed E-state index contributed by atoms with van der Waals surface area (Å²) in [6.45, 7) is 0.101. The first-order valence-electron chi connectivity index (χ1n) is 7.37. The lowest BCUT2D eigenvalue weighted by Crippen LogP contribution is -2.40. The van der Waals surface area contributed by atoms with Gasteiger partial charge in [-0.3, -0.25) is 4.79 Å². The molecule has 0 unspecified atom stereocenters. The quantitative estimate of drug-likeness (QED) is 0.869. The predicted octanol–water partition coefficient (Wildman–Crippen LogP) is 2.77. The van der Waals surface area contributed by atoms with Gasteiger partial charge in [-0.2, -0.15) is 4.57 Å². The van der Waals surface area contributed by atoms with Crippen LogP contribution in [0.2, 0.25) is 0 Å². The summed E-state index contributed by atoms with van der Waals surface area (Å²) in [6, 6.07) is 5.13. The summed E-state index contributed by atoms with van der Waals surface area (Å²) in [4.78, 5) is 12.0. The molecule has 1 aromatic carbocycles. The molecule has 1 heterocycles. The molecule has 0 fully saturated rings. The van der Waals surface area contributed by atoms with E-state index < -0.39 is 11.6 Å². The fourth-order valence-corrected chi connectivity index (χ4v) is 2.76. The lowest BCUT2D eigenvalue weighted by molar-refractivity contribution is -0.684. The Balaban J connectivity index is 1.69. The number of rotatable bonds is 3. The van der Waals surface area contributed by atoms with E-state index in [1.807, 2.05) is 18.5 Å². The Morgan fingerprint density at radius 3 is 2.68 bits per heavy atom. The summed E-state index contributed by atoms with van der Waals surface area (Å²) in [5.74, 6) is -1.78. The highest BCUT2D eigenvalue weighted by Gasteiger charge is 2.16. The second-order valence-electron chi connectivity index (χ2n) is 5.55. The minimum Gasteiger partial charge on any atom is -0.318 e. The van der Waals surface area contributed by atoms with Gasteiger partial charge < -0.3 is 5.32 Å². The van der Waals surface area contributed by atoms with Crippen LogP contribution < -0.4 is 9.88 Å². The van der Waals surface area contributed by atoms with E-state index in [-0.39, 0.29) is 18.1 Å². The smallest absolute Gasteiger partial charge is 0.290 e. The molecule has 0 saturated carbocycles. The maximum Gasteiger partial charge on any atom is 0.290 e. The van der Waals surface area contributed by atoms with Crippen LogP contribution in [0.4, 0.5) is 14.5 Å². The number of halogens is 2. The Labute approximate surface area is 127 Å². The van der Waals surface area contributed by atoms with Crippen molar-refractivity contribution >= 4 is 11.6 Å². The van der Waals surface area contributed by atoms with Crippen molar-refractivity contribution in [3.8, 4) is 0 Å². The van der Waals surface area contributed by atoms with E-state index >= 15 is 0 Å². The molecule has 0 aliphatic heterocycles. The number of aryl methyl sites for hydroxylation is 2. The second kappa shape index (κ2) is 6.22. The van der Waals surface area contributed by atoms with Gasteiger partial charge in [-0.05, 0) is 43.4 Å². The molecular weight excluding hydrogens is 286 g/mol. The Morgan fingerprint density at radius 2 is 1.91 bits per heavy atom. The number of amides is 1. The van der Waals surface area contributed by atoms with E-state index in [1.54, 1.807) is 4.57 Å². The molecule has 0 bridgehead atoms. The van der Waals surface area contributed by atoms with Crippen LogP contribution in [0.1, 0.15) is 24.0 Å². The van der Waals surface area contributed by atoms with Gasteiger partial charge in [0.2, 0.25) is 6.54 Å². The highest BCUT2D eigenvalue weighted by atomic mass is 19.1. The van der Waals surface area contributed by atoms with E-state index in [4.69, 9.17) is 0 Å². The number of fused-ring (bicyclic) bond motifs is 1. The van der Waals surface area contributed by atoms with Crippen LogP contribution in [0, 0.1) is 11.6 Å². The Bertz CT molecular complexity index is 716. The zero-order valence-corrected chi connectivity index (χ0v) is 12.1. The number of carbonyl (C=O) groups excluding carboxylic acids is 1. The average Bonchev–Trinajstić information content (AvgIpc) is 2.50. The summed E-state index contributed by atoms with van der Waals surface area (Å²) >= 11 is 0. The fourth-order valence-electron chi connectivity index (χ4n) is 2.76. The molecule has 22 heavy (non-hydrogen) atoms. The monoisotopic (exact) mass is 303 g/mol. The first kappa shape index (κ1) is 14.6. The van der Waals surface area contributed by atoms with Gasteiger partial charge in [-0.15, -0.1) is 0 Å². The number of hydrogen-bond donors (Lipinski definition) is 1. The van der Waals surface area contributed by atoms with Crippen LogP contribution in [-0.2, 0) is 24.2 Å². The van der Waals surface area contributed by atoms with Crippen molar-refractivity contribution < 1.29 is 18.1 Å². The standard InChI is InChI=1S/C17H16F2N2O/c18-14-5-6-16(15(19)9-14)20-17(22)11-21-8-7-12-3-1-2-4-13(12)10-21/h5-10H,1-4,11H2/p+1. The molecule has 2 aromatic rings. The van der Waals surface area contributed by atoms with Gasteiger partial charge in [0, 0.05) is 17.7 Å². The van der Waals surface area contributed by atoms with Gasteiger partial charge >= 0.3 is 0 Å². The number of aromatic nitrogens is 1. The molecule has 0 saturated heterocycles. The lowest BCUT2D eigenvalue weighted by Gasteiger charge is -2.13. The molecule has 1 N–H and O–H groups in total. The van der Waals surface area contributed by atoms with Crippen LogP contribution in [0.15, 0.2) is 36.7 Å². The second-order valence-corrected chi connectivity index (χ2v) is 5.55. The van der Waals surface area contributed by atoms with Crippen LogP contribution in [0.5, 0.6) is 0 Å². The molecular formula is C17H17F2N2O+. The third-order valence-corrected chi connectivity index (χ3v) is 3.87. The molecule has 3 nitrogen and oxygen atoms in total. The van der Waals surface area contributed by atoms with Crippen LogP contribution >= 0.6 is 0 Å². The molecule has 1 aliphatic rings. The minimum absolute atomic E-state index is 0.00930. The van der Waals surface area contributed by atoms with Gasteiger partial charge in [0.15, 0.2) is 12.4 Å². The predicted molar refractivity (Wildman–Crippen MR) is 78.3 cm³/mol. The van der Waals surface area contributed by atoms with Gasteiger partial charge in [0.25, 0.3) is 5.91 Å². The molecule has 0 spiro atoms. The highest BCUT2D eigenvalue weighted by molar-refractivity contribution is 5.89. The van der Waals surface area contributed by atoms with Crippen molar-refractivity contribution in [2.45, 2.75) is 32.2 Å². The summed E-state index contributed by atoms with van der Waals surface area (Å²) in [6.07, 6.45) is 8.35. The summed E-state index contributed by atoms with van der Waals surface area (Å²) in [7, 11) is 0. The first-order valence-corrected chi connectivity index (χ1v) is 7.37. The average molecular weight is 303 g/mol. The number of anilines is 1. The van der Waals surface area contributed by atoms with Gasteiger partial charge in [0.05, 0.1) is 5.69 Å². The van der Waals surface area contributed by atoms with Crippen molar-refractivity contribution in [1.82, 2.24) is 0 Å². The van der Waals surface area contributed by atoms with Crippen LogP contribution in [-0.4, -0.2) is 5.91 Å². The third-order valence-electron chi connectivity index (χ3n) is 3.87. The van der Waals surface area contributed by atoms with Crippen LogP contribution in [0.25, 0.3) is 0 Å². The van der Waals surface area contributed by atoms with E-state index in [0.29, 0.717) is 0 Å². The zero-order valence-electron chi connectivity index (χ0n) is 12.1. The molecule has 1 aromatic heterocycles. The highest BCUT2D eigenvalue weighted by Crippen LogP contribution is 2.19. The molecule has 114 valence electrons. The first-order chi connectivity index (χ1) is 10.6. The van der Waals surface area contributed by atoms with Crippen molar-refractivity contribution in [3.05, 3.63) is 59.4 Å². The van der Waals surface area contributed by atoms with Gasteiger partial charge in [-0.1, -0.05) is 0 Å². The van der Waals surface area contributed by atoms with E-state index in [1.165, 1.54) is 30.0 Å². The number of hydrogen-bond acceptors (Lipinski definition) is 1. The number of pyridine rings is 1. The molecule has 0 atom stereocenters. The Morgan fingerprint density at radius 1 is 1.14 bits per heavy atom. The zero-order chi connectivity index (χ0) is 15.5. The van der Waals surface area contributed by atoms with Crippen molar-refractivity contribution in [3.63, 3.8) is 0 Å². The largest absolute Gasteiger partial charge is 0.318 e. The molecule has 5 heteroatoms. The van der Waals surface area contributed by atoms with Gasteiger partial charge in [-0.25, -0.2) is 8.78 Å². The SMILES string of the molecule is O=C(C[n+]1ccc2c(c1)CCCC2)Nc1ccc(F)cc1F. The number of carbonyl (C=O) groups is 1. The van der Waals surface area contributed by atoms with E-state index in [2.05, 4.69) is 5.32 Å². The van der Waals surface area contributed by atoms with E-state index in [9.17, 15) is 13.6 Å². The molecule has 3 rings (SSSR count). The number of nitrogens with one attached hydrogen (secondary N) is 1. The topological polar surface area (TPSA) is 33.0 Å². The maximum absolute atomic E-state index is 13.5. The molecule has 0 radical (unpaired) electrons. The summed E-state index contributed by atoms with van der Waals surface area (Å²) in [5, 5.41) is 2.46. The Kier molecular flexibility index (Phi) is 4.13. The van der Waals surface area contributed by atoms with Gasteiger partial charge in [0.1, 0.15) is 11.6 Å². The number of benzene rings is 1. The normalized spacial score (nSPS) is 13.5. The Hall–Kier alpha value is -2.30. The maximum atomic E-state index is 13.5. The summed E-state index contributed by atoms with van der Waals surface area (Å²) in [5.41, 5.74) is 2.60. The lowest BCUT2D eigenvalue weighted by atomic mass is 9.93. The van der Waals surface area contributed by atoms with Crippen molar-refractivity contribution in [2.24, 2.45) is 0 Å². The fraction of sp³-hybridized carbons (Fsp3) is 0.294. The van der Waals surface area contributed by atoms with Crippen LogP contribution in [0.3, 0.4) is 0 Å². The minimum atomic E-state index is -0.774. The van der Waals surface area contributed by atoms with Crippen molar-refractivity contribution in [1.29, 1.82) is 0 Å². The van der Waals surface area contributed by atoms with Crippen molar-refractivity contribution in [2.75, 3.05) is 5.32 Å². The summed E-state index contributed by atoms with van der Waals surface area (Å²) < 4.78 is 28.1. The number of nitrogens with zero attached hydrogens (tertiary/aromatic N) is 1.